The van der Waals surface area contributed by atoms with Crippen LogP contribution in [0.2, 0.25) is 0 Å². The maximum Gasteiger partial charge on any atom is 0.275 e. The summed E-state index contributed by atoms with van der Waals surface area (Å²) < 4.78 is 0. The SMILES string of the molecule is Cc1ccc(NC(=O)c2cnc(NCCc3ccccc3)cn2)cc1. The minimum Gasteiger partial charge on any atom is -0.368 e. The van der Waals surface area contributed by atoms with Crippen LogP contribution < -0.4 is 10.6 Å². The first-order valence-corrected chi connectivity index (χ1v) is 8.18. The number of carbonyl (C=O) groups excluding carboxylic acids is 1. The number of nitrogens with one attached hydrogen (secondary N) is 2. The molecule has 5 nitrogen and oxygen atoms in total. The lowest BCUT2D eigenvalue weighted by Crippen LogP contribution is -2.15. The zero-order chi connectivity index (χ0) is 17.5. The molecule has 0 aliphatic carbocycles. The van der Waals surface area contributed by atoms with Crippen LogP contribution in [-0.2, 0) is 6.42 Å². The van der Waals surface area contributed by atoms with Crippen molar-refractivity contribution in [3.63, 3.8) is 0 Å². The normalized spacial score (nSPS) is 10.3. The van der Waals surface area contributed by atoms with Crippen LogP contribution in [0.15, 0.2) is 67.0 Å². The van der Waals surface area contributed by atoms with Gasteiger partial charge in [-0.25, -0.2) is 9.97 Å². The Morgan fingerprint density at radius 3 is 2.40 bits per heavy atom. The van der Waals surface area contributed by atoms with E-state index in [-0.39, 0.29) is 11.6 Å². The second-order valence-electron chi connectivity index (χ2n) is 5.77. The van der Waals surface area contributed by atoms with Crippen LogP contribution in [0.25, 0.3) is 0 Å². The van der Waals surface area contributed by atoms with Crippen molar-refractivity contribution in [3.8, 4) is 0 Å². The van der Waals surface area contributed by atoms with E-state index in [1.54, 1.807) is 6.20 Å². The van der Waals surface area contributed by atoms with Crippen LogP contribution in [0.5, 0.6) is 0 Å². The molecule has 1 amide bonds. The maximum atomic E-state index is 12.2. The summed E-state index contributed by atoms with van der Waals surface area (Å²) in [6, 6.07) is 17.8. The first kappa shape index (κ1) is 16.6. The van der Waals surface area contributed by atoms with Gasteiger partial charge in [0.1, 0.15) is 11.5 Å². The molecule has 0 saturated carbocycles. The molecule has 0 spiro atoms. The predicted octanol–water partition coefficient (Wildman–Crippen LogP) is 3.69. The molecule has 3 rings (SSSR count). The number of carbonyl (C=O) groups is 1. The third-order valence-corrected chi connectivity index (χ3v) is 3.76. The highest BCUT2D eigenvalue weighted by molar-refractivity contribution is 6.02. The van der Waals surface area contributed by atoms with Crippen molar-refractivity contribution in [2.24, 2.45) is 0 Å². The summed E-state index contributed by atoms with van der Waals surface area (Å²) in [6.07, 6.45) is 3.96. The average molecular weight is 332 g/mol. The molecule has 3 aromatic rings. The Hall–Kier alpha value is -3.21. The largest absolute Gasteiger partial charge is 0.368 e. The minimum atomic E-state index is -0.271. The van der Waals surface area contributed by atoms with E-state index in [0.29, 0.717) is 5.82 Å². The van der Waals surface area contributed by atoms with E-state index in [4.69, 9.17) is 0 Å². The summed E-state index contributed by atoms with van der Waals surface area (Å²) >= 11 is 0. The Morgan fingerprint density at radius 2 is 1.72 bits per heavy atom. The molecular formula is C20H20N4O. The van der Waals surface area contributed by atoms with Crippen LogP contribution >= 0.6 is 0 Å². The van der Waals surface area contributed by atoms with Gasteiger partial charge in [-0.15, -0.1) is 0 Å². The van der Waals surface area contributed by atoms with Gasteiger partial charge in [-0.1, -0.05) is 48.0 Å². The van der Waals surface area contributed by atoms with Crippen molar-refractivity contribution in [1.82, 2.24) is 9.97 Å². The van der Waals surface area contributed by atoms with E-state index in [1.165, 1.54) is 11.8 Å². The van der Waals surface area contributed by atoms with E-state index < -0.39 is 0 Å². The Labute approximate surface area is 147 Å². The van der Waals surface area contributed by atoms with Crippen molar-refractivity contribution >= 4 is 17.4 Å². The molecule has 1 heterocycles. The standard InChI is InChI=1S/C20H20N4O/c1-15-7-9-17(10-8-15)24-20(25)18-13-23-19(14-22-18)21-12-11-16-5-3-2-4-6-16/h2-10,13-14H,11-12H2,1H3,(H,21,23)(H,24,25). The fourth-order valence-electron chi connectivity index (χ4n) is 2.35. The van der Waals surface area contributed by atoms with Crippen LogP contribution in [-0.4, -0.2) is 22.4 Å². The molecule has 0 fully saturated rings. The Morgan fingerprint density at radius 1 is 0.960 bits per heavy atom. The molecular weight excluding hydrogens is 312 g/mol. The lowest BCUT2D eigenvalue weighted by atomic mass is 10.1. The van der Waals surface area contributed by atoms with Crippen molar-refractivity contribution in [2.75, 3.05) is 17.2 Å². The maximum absolute atomic E-state index is 12.2. The Kier molecular flexibility index (Phi) is 5.36. The summed E-state index contributed by atoms with van der Waals surface area (Å²) in [5, 5.41) is 6.02. The Balaban J connectivity index is 1.52. The van der Waals surface area contributed by atoms with Gasteiger partial charge in [0, 0.05) is 12.2 Å². The van der Waals surface area contributed by atoms with E-state index in [1.807, 2.05) is 49.4 Å². The summed E-state index contributed by atoms with van der Waals surface area (Å²) in [5.74, 6) is 0.384. The molecule has 0 unspecified atom stereocenters. The molecule has 5 heteroatoms. The quantitative estimate of drug-likeness (QED) is 0.722. The van der Waals surface area contributed by atoms with Gasteiger partial charge in [-0.05, 0) is 31.0 Å². The highest BCUT2D eigenvalue weighted by Gasteiger charge is 2.08. The number of hydrogen-bond acceptors (Lipinski definition) is 4. The number of benzene rings is 2. The van der Waals surface area contributed by atoms with Crippen LogP contribution in [0.4, 0.5) is 11.5 Å². The first-order valence-electron chi connectivity index (χ1n) is 8.18. The monoisotopic (exact) mass is 332 g/mol. The second-order valence-corrected chi connectivity index (χ2v) is 5.77. The molecule has 0 bridgehead atoms. The fraction of sp³-hybridized carbons (Fsp3) is 0.150. The lowest BCUT2D eigenvalue weighted by Gasteiger charge is -2.07. The topological polar surface area (TPSA) is 66.9 Å². The van der Waals surface area contributed by atoms with Gasteiger partial charge in [-0.2, -0.15) is 0 Å². The molecule has 0 aliphatic rings. The molecule has 0 radical (unpaired) electrons. The zero-order valence-electron chi connectivity index (χ0n) is 14.1. The molecule has 0 saturated heterocycles. The molecule has 0 atom stereocenters. The van der Waals surface area contributed by atoms with E-state index >= 15 is 0 Å². The third kappa shape index (κ3) is 4.88. The number of anilines is 2. The highest BCUT2D eigenvalue weighted by atomic mass is 16.1. The number of rotatable bonds is 6. The summed E-state index contributed by atoms with van der Waals surface area (Å²) in [7, 11) is 0. The summed E-state index contributed by atoms with van der Waals surface area (Å²) in [6.45, 7) is 2.76. The van der Waals surface area contributed by atoms with Crippen molar-refractivity contribution in [1.29, 1.82) is 0 Å². The van der Waals surface area contributed by atoms with Crippen LogP contribution in [0, 0.1) is 6.92 Å². The molecule has 0 aliphatic heterocycles. The van der Waals surface area contributed by atoms with E-state index in [0.717, 1.165) is 24.2 Å². The van der Waals surface area contributed by atoms with Gasteiger partial charge in [0.2, 0.25) is 0 Å². The minimum absolute atomic E-state index is 0.271. The number of amides is 1. The van der Waals surface area contributed by atoms with Gasteiger partial charge in [0.05, 0.1) is 12.4 Å². The van der Waals surface area contributed by atoms with Crippen LogP contribution in [0.1, 0.15) is 21.6 Å². The van der Waals surface area contributed by atoms with Gasteiger partial charge >= 0.3 is 0 Å². The summed E-state index contributed by atoms with van der Waals surface area (Å²) in [5.41, 5.74) is 3.43. The van der Waals surface area contributed by atoms with Gasteiger partial charge in [0.15, 0.2) is 0 Å². The molecule has 25 heavy (non-hydrogen) atoms. The molecule has 2 aromatic carbocycles. The second kappa shape index (κ2) is 8.06. The van der Waals surface area contributed by atoms with Crippen LogP contribution in [0.3, 0.4) is 0 Å². The van der Waals surface area contributed by atoms with Gasteiger partial charge < -0.3 is 10.6 Å². The van der Waals surface area contributed by atoms with E-state index in [2.05, 4.69) is 32.7 Å². The third-order valence-electron chi connectivity index (χ3n) is 3.76. The van der Waals surface area contributed by atoms with Gasteiger partial charge in [-0.3, -0.25) is 4.79 Å². The first-order chi connectivity index (χ1) is 12.2. The fourth-order valence-corrected chi connectivity index (χ4v) is 2.35. The Bertz CT molecular complexity index is 815. The smallest absolute Gasteiger partial charge is 0.275 e. The average Bonchev–Trinajstić information content (AvgIpc) is 2.65. The van der Waals surface area contributed by atoms with Crippen molar-refractivity contribution in [2.45, 2.75) is 13.3 Å². The van der Waals surface area contributed by atoms with Crippen molar-refractivity contribution in [3.05, 3.63) is 83.8 Å². The highest BCUT2D eigenvalue weighted by Crippen LogP contribution is 2.10. The number of aromatic nitrogens is 2. The number of aryl methyl sites for hydroxylation is 1. The lowest BCUT2D eigenvalue weighted by molar-refractivity contribution is 0.102. The number of hydrogen-bond donors (Lipinski definition) is 2. The zero-order valence-corrected chi connectivity index (χ0v) is 14.1. The number of nitrogens with zero attached hydrogens (tertiary/aromatic N) is 2. The molecule has 1 aromatic heterocycles. The van der Waals surface area contributed by atoms with Crippen molar-refractivity contribution < 1.29 is 4.79 Å². The molecule has 2 N–H and O–H groups in total. The summed E-state index contributed by atoms with van der Waals surface area (Å²) in [4.78, 5) is 20.6. The predicted molar refractivity (Wildman–Crippen MR) is 99.8 cm³/mol. The van der Waals surface area contributed by atoms with E-state index in [9.17, 15) is 4.79 Å². The molecule has 126 valence electrons. The van der Waals surface area contributed by atoms with Gasteiger partial charge in [0.25, 0.3) is 5.91 Å².